The summed E-state index contributed by atoms with van der Waals surface area (Å²) in [5.74, 6) is -1.58. The molecule has 2 atom stereocenters. The lowest BCUT2D eigenvalue weighted by Crippen LogP contribution is -2.27. The summed E-state index contributed by atoms with van der Waals surface area (Å²) < 4.78 is 27.7. The maximum Gasteiger partial charge on any atom is 0.345 e. The second kappa shape index (κ2) is 4.68. The van der Waals surface area contributed by atoms with Crippen LogP contribution in [0.1, 0.15) is 19.8 Å². The molecule has 1 aliphatic carbocycles. The summed E-state index contributed by atoms with van der Waals surface area (Å²) >= 11 is 0. The summed E-state index contributed by atoms with van der Waals surface area (Å²) in [4.78, 5) is 10.7. The fraction of sp³-hybridized carbons (Fsp3) is 0.889. The van der Waals surface area contributed by atoms with Crippen LogP contribution in [0.4, 0.5) is 8.78 Å². The van der Waals surface area contributed by atoms with E-state index in [1.54, 1.807) is 6.92 Å². The zero-order chi connectivity index (χ0) is 10.7. The van der Waals surface area contributed by atoms with Gasteiger partial charge in [-0.25, -0.2) is 0 Å². The highest BCUT2D eigenvalue weighted by Crippen LogP contribution is 2.40. The van der Waals surface area contributed by atoms with Crippen LogP contribution in [0.3, 0.4) is 0 Å². The molecule has 1 fully saturated rings. The van der Waals surface area contributed by atoms with Crippen molar-refractivity contribution in [3.63, 3.8) is 0 Å². The van der Waals surface area contributed by atoms with Crippen LogP contribution >= 0.6 is 0 Å². The lowest BCUT2D eigenvalue weighted by molar-refractivity contribution is -0.156. The van der Waals surface area contributed by atoms with E-state index in [0.717, 1.165) is 12.8 Å². The molecule has 0 aliphatic heterocycles. The molecule has 0 spiro atoms. The predicted octanol–water partition coefficient (Wildman–Crippen LogP) is 1.97. The fourth-order valence-corrected chi connectivity index (χ4v) is 1.58. The fourth-order valence-electron chi connectivity index (χ4n) is 1.58. The van der Waals surface area contributed by atoms with Crippen LogP contribution in [0.5, 0.6) is 0 Å². The average molecular weight is 208 g/mol. The SMILES string of the molecule is CC(C(=O)O)C(COC(F)F)C1CC1. The third-order valence-electron chi connectivity index (χ3n) is 2.67. The van der Waals surface area contributed by atoms with Crippen molar-refractivity contribution < 1.29 is 23.4 Å². The minimum Gasteiger partial charge on any atom is -0.481 e. The summed E-state index contributed by atoms with van der Waals surface area (Å²) in [6, 6.07) is 0. The van der Waals surface area contributed by atoms with E-state index >= 15 is 0 Å². The van der Waals surface area contributed by atoms with Gasteiger partial charge in [0.2, 0.25) is 0 Å². The number of carbonyl (C=O) groups is 1. The highest BCUT2D eigenvalue weighted by atomic mass is 19.3. The second-order valence-corrected chi connectivity index (χ2v) is 3.72. The summed E-state index contributed by atoms with van der Waals surface area (Å²) in [5.41, 5.74) is 0. The number of ether oxygens (including phenoxy) is 1. The van der Waals surface area contributed by atoms with Crippen LogP contribution < -0.4 is 0 Å². The third-order valence-corrected chi connectivity index (χ3v) is 2.67. The Morgan fingerprint density at radius 2 is 2.14 bits per heavy atom. The predicted molar refractivity (Wildman–Crippen MR) is 45.0 cm³/mol. The molecule has 5 heteroatoms. The summed E-state index contributed by atoms with van der Waals surface area (Å²) in [5, 5.41) is 8.75. The average Bonchev–Trinajstić information content (AvgIpc) is 2.87. The standard InChI is InChI=1S/C9H14F2O3/c1-5(8(12)13)7(6-2-3-6)4-14-9(10)11/h5-7,9H,2-4H2,1H3,(H,12,13). The van der Waals surface area contributed by atoms with Crippen molar-refractivity contribution in [2.75, 3.05) is 6.61 Å². The van der Waals surface area contributed by atoms with E-state index in [-0.39, 0.29) is 18.4 Å². The lowest BCUT2D eigenvalue weighted by Gasteiger charge is -2.19. The number of carboxylic acid groups (broad SMARTS) is 1. The molecule has 0 radical (unpaired) electrons. The zero-order valence-electron chi connectivity index (χ0n) is 7.95. The summed E-state index contributed by atoms with van der Waals surface area (Å²) in [6.45, 7) is -1.42. The molecule has 1 rings (SSSR count). The van der Waals surface area contributed by atoms with Gasteiger partial charge in [-0.3, -0.25) is 4.79 Å². The first-order chi connectivity index (χ1) is 6.52. The van der Waals surface area contributed by atoms with Gasteiger partial charge in [-0.2, -0.15) is 8.78 Å². The van der Waals surface area contributed by atoms with Gasteiger partial charge in [0.15, 0.2) is 0 Å². The number of aliphatic carboxylic acids is 1. The van der Waals surface area contributed by atoms with Crippen LogP contribution in [0.15, 0.2) is 0 Å². The number of halogens is 2. The molecular formula is C9H14F2O3. The van der Waals surface area contributed by atoms with Gasteiger partial charge in [0, 0.05) is 0 Å². The van der Waals surface area contributed by atoms with Gasteiger partial charge in [0.25, 0.3) is 0 Å². The Morgan fingerprint density at radius 1 is 1.57 bits per heavy atom. The monoisotopic (exact) mass is 208 g/mol. The molecule has 2 unspecified atom stereocenters. The minimum absolute atomic E-state index is 0.157. The van der Waals surface area contributed by atoms with Crippen LogP contribution in [-0.4, -0.2) is 24.3 Å². The van der Waals surface area contributed by atoms with Crippen molar-refractivity contribution >= 4 is 5.97 Å². The topological polar surface area (TPSA) is 46.5 Å². The Morgan fingerprint density at radius 3 is 2.50 bits per heavy atom. The normalized spacial score (nSPS) is 20.9. The maximum absolute atomic E-state index is 11.8. The number of rotatable bonds is 6. The van der Waals surface area contributed by atoms with Crippen LogP contribution in [0, 0.1) is 17.8 Å². The van der Waals surface area contributed by atoms with E-state index in [1.807, 2.05) is 0 Å². The lowest BCUT2D eigenvalue weighted by atomic mass is 9.90. The minimum atomic E-state index is -2.81. The largest absolute Gasteiger partial charge is 0.481 e. The number of alkyl halides is 2. The molecule has 1 N–H and O–H groups in total. The van der Waals surface area contributed by atoms with E-state index in [1.165, 1.54) is 0 Å². The molecular weight excluding hydrogens is 194 g/mol. The van der Waals surface area contributed by atoms with Gasteiger partial charge in [0.1, 0.15) is 0 Å². The first kappa shape index (κ1) is 11.4. The molecule has 1 saturated carbocycles. The van der Waals surface area contributed by atoms with Crippen molar-refractivity contribution in [3.05, 3.63) is 0 Å². The van der Waals surface area contributed by atoms with Crippen molar-refractivity contribution in [2.24, 2.45) is 17.8 Å². The number of hydrogen-bond acceptors (Lipinski definition) is 2. The molecule has 0 bridgehead atoms. The maximum atomic E-state index is 11.8. The van der Waals surface area contributed by atoms with E-state index < -0.39 is 18.5 Å². The molecule has 0 aromatic carbocycles. The first-order valence-corrected chi connectivity index (χ1v) is 4.65. The molecule has 14 heavy (non-hydrogen) atoms. The van der Waals surface area contributed by atoms with E-state index in [9.17, 15) is 13.6 Å². The molecule has 0 amide bonds. The first-order valence-electron chi connectivity index (χ1n) is 4.65. The van der Waals surface area contributed by atoms with Gasteiger partial charge in [-0.1, -0.05) is 6.92 Å². The van der Waals surface area contributed by atoms with Crippen LogP contribution in [-0.2, 0) is 9.53 Å². The van der Waals surface area contributed by atoms with Crippen molar-refractivity contribution in [1.29, 1.82) is 0 Å². The molecule has 3 nitrogen and oxygen atoms in total. The highest BCUT2D eigenvalue weighted by molar-refractivity contribution is 5.70. The van der Waals surface area contributed by atoms with Gasteiger partial charge in [0.05, 0.1) is 12.5 Å². The molecule has 1 aliphatic rings. The van der Waals surface area contributed by atoms with Crippen LogP contribution in [0.25, 0.3) is 0 Å². The van der Waals surface area contributed by atoms with Crippen LogP contribution in [0.2, 0.25) is 0 Å². The Balaban J connectivity index is 2.42. The van der Waals surface area contributed by atoms with E-state index in [4.69, 9.17) is 5.11 Å². The van der Waals surface area contributed by atoms with Crippen molar-refractivity contribution in [1.82, 2.24) is 0 Å². The molecule has 0 aromatic rings. The van der Waals surface area contributed by atoms with E-state index in [0.29, 0.717) is 0 Å². The van der Waals surface area contributed by atoms with Gasteiger partial charge >= 0.3 is 12.6 Å². The molecule has 0 aromatic heterocycles. The number of carboxylic acids is 1. The van der Waals surface area contributed by atoms with Crippen molar-refractivity contribution in [3.8, 4) is 0 Å². The molecule has 0 saturated heterocycles. The Labute approximate surface area is 81.1 Å². The van der Waals surface area contributed by atoms with Gasteiger partial charge < -0.3 is 9.84 Å². The summed E-state index contributed by atoms with van der Waals surface area (Å²) in [6.07, 6.45) is 1.85. The zero-order valence-corrected chi connectivity index (χ0v) is 7.95. The van der Waals surface area contributed by atoms with Crippen molar-refractivity contribution in [2.45, 2.75) is 26.4 Å². The quantitative estimate of drug-likeness (QED) is 0.725. The Hall–Kier alpha value is -0.710. The summed E-state index contributed by atoms with van der Waals surface area (Å²) in [7, 11) is 0. The third kappa shape index (κ3) is 3.21. The highest BCUT2D eigenvalue weighted by Gasteiger charge is 2.38. The molecule has 82 valence electrons. The smallest absolute Gasteiger partial charge is 0.345 e. The Bertz CT molecular complexity index is 204. The van der Waals surface area contributed by atoms with Gasteiger partial charge in [-0.05, 0) is 24.7 Å². The molecule has 0 heterocycles. The number of hydrogen-bond donors (Lipinski definition) is 1. The second-order valence-electron chi connectivity index (χ2n) is 3.72. The van der Waals surface area contributed by atoms with Gasteiger partial charge in [-0.15, -0.1) is 0 Å². The Kier molecular flexibility index (Phi) is 3.80. The van der Waals surface area contributed by atoms with E-state index in [2.05, 4.69) is 4.74 Å².